The minimum absolute atomic E-state index is 0.0959. The Morgan fingerprint density at radius 1 is 1.38 bits per heavy atom. The molecular weight excluding hydrogens is 418 g/mol. The van der Waals surface area contributed by atoms with Crippen molar-refractivity contribution in [2.24, 2.45) is 0 Å². The van der Waals surface area contributed by atoms with Gasteiger partial charge in [0.2, 0.25) is 5.91 Å². The summed E-state index contributed by atoms with van der Waals surface area (Å²) in [4.78, 5) is 16.8. The first-order valence-electron chi connectivity index (χ1n) is 6.05. The summed E-state index contributed by atoms with van der Waals surface area (Å²) in [7, 11) is 0. The van der Waals surface area contributed by atoms with E-state index in [1.807, 2.05) is 19.1 Å². The smallest absolute Gasteiger partial charge is 0.234 e. The number of amides is 1. The van der Waals surface area contributed by atoms with Gasteiger partial charge in [-0.25, -0.2) is 0 Å². The third-order valence-corrected chi connectivity index (χ3v) is 4.96. The average molecular weight is 431 g/mol. The fourth-order valence-electron chi connectivity index (χ4n) is 1.66. The monoisotopic (exact) mass is 429 g/mol. The molecule has 0 bridgehead atoms. The quantitative estimate of drug-likeness (QED) is 0.712. The van der Waals surface area contributed by atoms with Crippen molar-refractivity contribution >= 4 is 60.9 Å². The second-order valence-electron chi connectivity index (χ2n) is 4.35. The van der Waals surface area contributed by atoms with Crippen molar-refractivity contribution in [1.82, 2.24) is 4.98 Å². The van der Waals surface area contributed by atoms with Crippen LogP contribution in [-0.4, -0.2) is 16.6 Å². The van der Waals surface area contributed by atoms with Crippen LogP contribution in [0.2, 0.25) is 0 Å². The number of nitrogen functional groups attached to an aromatic ring is 1. The van der Waals surface area contributed by atoms with Crippen LogP contribution in [-0.2, 0) is 4.79 Å². The van der Waals surface area contributed by atoms with E-state index >= 15 is 0 Å². The number of anilines is 2. The fourth-order valence-corrected chi connectivity index (χ4v) is 4.01. The number of hydrogen-bond donors (Lipinski definition) is 2. The second kappa shape index (κ2) is 7.29. The Kier molecular flexibility index (Phi) is 5.66. The Morgan fingerprint density at radius 2 is 2.05 bits per heavy atom. The molecule has 0 unspecified atom stereocenters. The number of aromatic nitrogens is 1. The molecule has 0 saturated carbocycles. The van der Waals surface area contributed by atoms with E-state index in [4.69, 9.17) is 5.73 Å². The van der Waals surface area contributed by atoms with Gasteiger partial charge in [0, 0.05) is 20.0 Å². The van der Waals surface area contributed by atoms with Gasteiger partial charge >= 0.3 is 0 Å². The molecule has 1 aromatic heterocycles. The van der Waals surface area contributed by atoms with Gasteiger partial charge < -0.3 is 11.1 Å². The number of nitrogens with zero attached hydrogens (tertiary/aromatic N) is 1. The molecule has 0 aliphatic heterocycles. The van der Waals surface area contributed by atoms with Gasteiger partial charge in [0.05, 0.1) is 23.3 Å². The van der Waals surface area contributed by atoms with E-state index < -0.39 is 0 Å². The zero-order chi connectivity index (χ0) is 15.4. The van der Waals surface area contributed by atoms with Gasteiger partial charge in [-0.2, -0.15) is 0 Å². The molecule has 0 radical (unpaired) electrons. The summed E-state index contributed by atoms with van der Waals surface area (Å²) >= 11 is 8.29. The maximum Gasteiger partial charge on any atom is 0.234 e. The van der Waals surface area contributed by atoms with Gasteiger partial charge in [-0.15, -0.1) is 11.8 Å². The van der Waals surface area contributed by atoms with Gasteiger partial charge in [0.1, 0.15) is 0 Å². The number of aryl methyl sites for hydroxylation is 1. The molecular formula is C14H13Br2N3OS. The van der Waals surface area contributed by atoms with E-state index in [0.29, 0.717) is 5.69 Å². The lowest BCUT2D eigenvalue weighted by Crippen LogP contribution is -2.15. The number of benzene rings is 1. The zero-order valence-corrected chi connectivity index (χ0v) is 15.2. The van der Waals surface area contributed by atoms with E-state index in [-0.39, 0.29) is 11.7 Å². The number of carbonyl (C=O) groups excluding carboxylic acids is 1. The van der Waals surface area contributed by atoms with Crippen LogP contribution < -0.4 is 11.1 Å². The van der Waals surface area contributed by atoms with E-state index in [0.717, 1.165) is 25.1 Å². The number of nitrogens with two attached hydrogens (primary N) is 1. The number of carbonyl (C=O) groups is 1. The number of rotatable bonds is 4. The van der Waals surface area contributed by atoms with E-state index in [9.17, 15) is 4.79 Å². The maximum atomic E-state index is 12.1. The maximum absolute atomic E-state index is 12.1. The fraction of sp³-hybridized carbons (Fsp3) is 0.143. The van der Waals surface area contributed by atoms with Crippen molar-refractivity contribution in [3.8, 4) is 0 Å². The third kappa shape index (κ3) is 4.46. The van der Waals surface area contributed by atoms with Crippen molar-refractivity contribution in [2.45, 2.75) is 11.8 Å². The molecule has 1 aromatic carbocycles. The lowest BCUT2D eigenvalue weighted by Gasteiger charge is -2.11. The summed E-state index contributed by atoms with van der Waals surface area (Å²) < 4.78 is 1.69. The summed E-state index contributed by atoms with van der Waals surface area (Å²) in [6.45, 7) is 1.99. The Balaban J connectivity index is 2.01. The largest absolute Gasteiger partial charge is 0.397 e. The van der Waals surface area contributed by atoms with Crippen LogP contribution in [0.25, 0.3) is 0 Å². The summed E-state index contributed by atoms with van der Waals surface area (Å²) in [6, 6.07) is 5.70. The van der Waals surface area contributed by atoms with Crippen LogP contribution in [0.1, 0.15) is 5.56 Å². The number of pyridine rings is 1. The van der Waals surface area contributed by atoms with Gasteiger partial charge in [-0.3, -0.25) is 9.78 Å². The summed E-state index contributed by atoms with van der Waals surface area (Å²) in [5.74, 6) is 0.183. The van der Waals surface area contributed by atoms with Gasteiger partial charge in [0.15, 0.2) is 0 Å². The van der Waals surface area contributed by atoms with Crippen molar-refractivity contribution < 1.29 is 4.79 Å². The highest BCUT2D eigenvalue weighted by Gasteiger charge is 2.11. The predicted molar refractivity (Wildman–Crippen MR) is 94.6 cm³/mol. The lowest BCUT2D eigenvalue weighted by molar-refractivity contribution is -0.113. The summed E-state index contributed by atoms with van der Waals surface area (Å²) in [5, 5.41) is 2.89. The van der Waals surface area contributed by atoms with E-state index in [1.54, 1.807) is 18.5 Å². The topological polar surface area (TPSA) is 68.0 Å². The number of nitrogens with one attached hydrogen (secondary N) is 1. The highest BCUT2D eigenvalue weighted by Crippen LogP contribution is 2.32. The second-order valence-corrected chi connectivity index (χ2v) is 7.08. The van der Waals surface area contributed by atoms with Crippen molar-refractivity contribution in [3.63, 3.8) is 0 Å². The molecule has 3 N–H and O–H groups in total. The number of hydrogen-bond acceptors (Lipinski definition) is 4. The molecule has 0 fully saturated rings. The highest BCUT2D eigenvalue weighted by molar-refractivity contribution is 9.11. The molecule has 0 aliphatic carbocycles. The molecule has 0 atom stereocenters. The van der Waals surface area contributed by atoms with Gasteiger partial charge in [-0.1, -0.05) is 0 Å². The molecule has 2 aromatic rings. The normalized spacial score (nSPS) is 10.4. The molecule has 0 aliphatic rings. The molecule has 0 spiro atoms. The average Bonchev–Trinajstić information content (AvgIpc) is 2.42. The molecule has 1 amide bonds. The van der Waals surface area contributed by atoms with Gasteiger partial charge in [-0.05, 0) is 62.5 Å². The molecule has 110 valence electrons. The number of halogens is 2. The van der Waals surface area contributed by atoms with E-state index in [2.05, 4.69) is 42.2 Å². The summed E-state index contributed by atoms with van der Waals surface area (Å²) in [6.07, 6.45) is 3.23. The highest BCUT2D eigenvalue weighted by atomic mass is 79.9. The standard InChI is InChI=1S/C14H13Br2N3OS/c1-8-4-9(15)14(10(16)5-8)19-13(20)7-21-12-2-3-18-6-11(12)17/h2-6H,7,17H2,1H3,(H,19,20). The van der Waals surface area contributed by atoms with Crippen molar-refractivity contribution in [3.05, 3.63) is 45.1 Å². The first-order chi connectivity index (χ1) is 9.97. The Labute approximate surface area is 144 Å². The first-order valence-corrected chi connectivity index (χ1v) is 8.62. The SMILES string of the molecule is Cc1cc(Br)c(NC(=O)CSc2ccncc2N)c(Br)c1. The third-order valence-electron chi connectivity index (χ3n) is 2.62. The molecule has 7 heteroatoms. The van der Waals surface area contributed by atoms with Crippen molar-refractivity contribution in [2.75, 3.05) is 16.8 Å². The van der Waals surface area contributed by atoms with Crippen LogP contribution in [0.4, 0.5) is 11.4 Å². The molecule has 2 rings (SSSR count). The van der Waals surface area contributed by atoms with E-state index in [1.165, 1.54) is 11.8 Å². The Bertz CT molecular complexity index is 656. The van der Waals surface area contributed by atoms with Crippen LogP contribution >= 0.6 is 43.6 Å². The van der Waals surface area contributed by atoms with Crippen molar-refractivity contribution in [1.29, 1.82) is 0 Å². The summed E-state index contributed by atoms with van der Waals surface area (Å²) in [5.41, 5.74) is 8.20. The van der Waals surface area contributed by atoms with Crippen LogP contribution in [0.3, 0.4) is 0 Å². The Hall–Kier alpha value is -1.05. The minimum Gasteiger partial charge on any atom is -0.397 e. The first kappa shape index (κ1) is 16.3. The lowest BCUT2D eigenvalue weighted by atomic mass is 10.2. The molecule has 0 saturated heterocycles. The minimum atomic E-state index is -0.0959. The Morgan fingerprint density at radius 3 is 2.67 bits per heavy atom. The predicted octanol–water partition coefficient (Wildman–Crippen LogP) is 4.23. The number of thioether (sulfide) groups is 1. The van der Waals surface area contributed by atoms with Crippen LogP contribution in [0.5, 0.6) is 0 Å². The zero-order valence-electron chi connectivity index (χ0n) is 11.2. The molecule has 4 nitrogen and oxygen atoms in total. The van der Waals surface area contributed by atoms with Gasteiger partial charge in [0.25, 0.3) is 0 Å². The van der Waals surface area contributed by atoms with Crippen LogP contribution in [0.15, 0.2) is 44.4 Å². The molecule has 1 heterocycles. The van der Waals surface area contributed by atoms with Crippen LogP contribution in [0, 0.1) is 6.92 Å². The molecule has 21 heavy (non-hydrogen) atoms.